The summed E-state index contributed by atoms with van der Waals surface area (Å²) in [5, 5.41) is 10.3. The number of benzene rings is 2. The summed E-state index contributed by atoms with van der Waals surface area (Å²) in [6, 6.07) is 10.2. The van der Waals surface area contributed by atoms with Gasteiger partial charge in [-0.05, 0) is 55.3 Å². The normalized spacial score (nSPS) is 17.8. The summed E-state index contributed by atoms with van der Waals surface area (Å²) in [6.07, 6.45) is 0.935. The molecule has 1 atom stereocenters. The van der Waals surface area contributed by atoms with Crippen molar-refractivity contribution < 1.29 is 31.8 Å². The third kappa shape index (κ3) is 3.98. The SMILES string of the molecule is COc1ccc(S(=O)(=O)N2CCCC2C(=O)Nc2nnc(-c3ccc4c(c3)OCO4)o2)cc1. The molecule has 11 nitrogen and oxygen atoms in total. The van der Waals surface area contributed by atoms with Crippen molar-refractivity contribution in [2.75, 3.05) is 25.8 Å². The van der Waals surface area contributed by atoms with Gasteiger partial charge in [-0.15, -0.1) is 5.10 Å². The van der Waals surface area contributed by atoms with Gasteiger partial charge in [0.2, 0.25) is 28.6 Å². The van der Waals surface area contributed by atoms with Crippen molar-refractivity contribution in [2.24, 2.45) is 0 Å². The fraction of sp³-hybridized carbons (Fsp3) is 0.286. The molecular formula is C21H20N4O7S. The first-order valence-corrected chi connectivity index (χ1v) is 11.6. The smallest absolute Gasteiger partial charge is 0.322 e. The number of fused-ring (bicyclic) bond motifs is 1. The van der Waals surface area contributed by atoms with Crippen LogP contribution in [0.5, 0.6) is 17.2 Å². The van der Waals surface area contributed by atoms with Crippen LogP contribution in [-0.2, 0) is 14.8 Å². The number of sulfonamides is 1. The molecule has 3 aromatic rings. The van der Waals surface area contributed by atoms with Crippen LogP contribution in [0.1, 0.15) is 12.8 Å². The standard InChI is InChI=1S/C21H20N4O7S/c1-29-14-5-7-15(8-6-14)33(27,28)25-10-2-3-16(25)19(26)22-21-24-23-20(32-21)13-4-9-17-18(11-13)31-12-30-17/h4-9,11,16H,2-3,10,12H2,1H3,(H,22,24,26). The van der Waals surface area contributed by atoms with Crippen LogP contribution in [0.3, 0.4) is 0 Å². The Balaban J connectivity index is 1.31. The largest absolute Gasteiger partial charge is 0.497 e. The summed E-state index contributed by atoms with van der Waals surface area (Å²) in [5.41, 5.74) is 0.594. The molecule has 0 aliphatic carbocycles. The molecule has 2 aliphatic heterocycles. The molecule has 1 N–H and O–H groups in total. The molecule has 1 saturated heterocycles. The molecule has 3 heterocycles. The quantitative estimate of drug-likeness (QED) is 0.573. The molecule has 5 rings (SSSR count). The summed E-state index contributed by atoms with van der Waals surface area (Å²) < 4.78 is 48.7. The lowest BCUT2D eigenvalue weighted by Crippen LogP contribution is -2.43. The highest BCUT2D eigenvalue weighted by atomic mass is 32.2. The molecule has 12 heteroatoms. The Labute approximate surface area is 189 Å². The molecule has 1 fully saturated rings. The fourth-order valence-electron chi connectivity index (χ4n) is 3.78. The van der Waals surface area contributed by atoms with Crippen molar-refractivity contribution in [1.82, 2.24) is 14.5 Å². The molecular weight excluding hydrogens is 452 g/mol. The summed E-state index contributed by atoms with van der Waals surface area (Å²) >= 11 is 0. The van der Waals surface area contributed by atoms with Crippen molar-refractivity contribution in [1.29, 1.82) is 0 Å². The van der Waals surface area contributed by atoms with E-state index in [2.05, 4.69) is 15.5 Å². The first kappa shape index (κ1) is 21.2. The molecule has 1 amide bonds. The molecule has 1 unspecified atom stereocenters. The number of carbonyl (C=O) groups excluding carboxylic acids is 1. The minimum Gasteiger partial charge on any atom is -0.497 e. The van der Waals surface area contributed by atoms with Crippen molar-refractivity contribution in [3.8, 4) is 28.7 Å². The van der Waals surface area contributed by atoms with Gasteiger partial charge in [0.15, 0.2) is 11.5 Å². The van der Waals surface area contributed by atoms with E-state index in [9.17, 15) is 13.2 Å². The van der Waals surface area contributed by atoms with Crippen molar-refractivity contribution in [2.45, 2.75) is 23.8 Å². The zero-order chi connectivity index (χ0) is 23.0. The number of ether oxygens (including phenoxy) is 3. The van der Waals surface area contributed by atoms with Crippen molar-refractivity contribution in [3.63, 3.8) is 0 Å². The van der Waals surface area contributed by atoms with E-state index in [0.29, 0.717) is 35.7 Å². The molecule has 0 radical (unpaired) electrons. The number of rotatable bonds is 6. The van der Waals surface area contributed by atoms with Gasteiger partial charge < -0.3 is 18.6 Å². The van der Waals surface area contributed by atoms with Gasteiger partial charge in [-0.1, -0.05) is 5.10 Å². The number of nitrogens with one attached hydrogen (secondary N) is 1. The lowest BCUT2D eigenvalue weighted by molar-refractivity contribution is -0.119. The summed E-state index contributed by atoms with van der Waals surface area (Å²) in [4.78, 5) is 13.0. The maximum atomic E-state index is 13.1. The van der Waals surface area contributed by atoms with Gasteiger partial charge in [0.25, 0.3) is 0 Å². The summed E-state index contributed by atoms with van der Waals surface area (Å²) in [5.74, 6) is 1.36. The van der Waals surface area contributed by atoms with E-state index >= 15 is 0 Å². The number of nitrogens with zero attached hydrogens (tertiary/aromatic N) is 3. The molecule has 0 saturated carbocycles. The number of amides is 1. The van der Waals surface area contributed by atoms with Crippen molar-refractivity contribution in [3.05, 3.63) is 42.5 Å². The fourth-order valence-corrected chi connectivity index (χ4v) is 5.44. The number of aromatic nitrogens is 2. The zero-order valence-corrected chi connectivity index (χ0v) is 18.4. The topological polar surface area (TPSA) is 133 Å². The van der Waals surface area contributed by atoms with E-state index in [1.54, 1.807) is 30.3 Å². The van der Waals surface area contributed by atoms with Gasteiger partial charge >= 0.3 is 6.01 Å². The second-order valence-electron chi connectivity index (χ2n) is 7.42. The average Bonchev–Trinajstić information content (AvgIpc) is 3.59. The minimum absolute atomic E-state index is 0.0888. The second kappa shape index (κ2) is 8.37. The highest BCUT2D eigenvalue weighted by Crippen LogP contribution is 2.36. The van der Waals surface area contributed by atoms with E-state index in [-0.39, 0.29) is 30.1 Å². The third-order valence-electron chi connectivity index (χ3n) is 5.45. The van der Waals surface area contributed by atoms with Crippen LogP contribution in [0.4, 0.5) is 6.01 Å². The third-order valence-corrected chi connectivity index (χ3v) is 7.37. The van der Waals surface area contributed by atoms with Gasteiger partial charge in [0.1, 0.15) is 11.8 Å². The molecule has 33 heavy (non-hydrogen) atoms. The average molecular weight is 472 g/mol. The van der Waals surface area contributed by atoms with E-state index in [4.69, 9.17) is 18.6 Å². The Morgan fingerprint density at radius 1 is 1.12 bits per heavy atom. The second-order valence-corrected chi connectivity index (χ2v) is 9.31. The lowest BCUT2D eigenvalue weighted by atomic mass is 10.2. The maximum absolute atomic E-state index is 13.1. The maximum Gasteiger partial charge on any atom is 0.322 e. The molecule has 2 aliphatic rings. The van der Waals surface area contributed by atoms with Crippen LogP contribution < -0.4 is 19.5 Å². The Hall–Kier alpha value is -3.64. The van der Waals surface area contributed by atoms with Crippen LogP contribution >= 0.6 is 0 Å². The highest BCUT2D eigenvalue weighted by Gasteiger charge is 2.40. The number of carbonyl (C=O) groups is 1. The monoisotopic (exact) mass is 472 g/mol. The van der Waals surface area contributed by atoms with Crippen molar-refractivity contribution >= 4 is 21.9 Å². The predicted octanol–water partition coefficient (Wildman–Crippen LogP) is 2.27. The summed E-state index contributed by atoms with van der Waals surface area (Å²) in [7, 11) is -2.37. The van der Waals surface area contributed by atoms with Crippen LogP contribution in [0.25, 0.3) is 11.5 Å². The number of hydrogen-bond donors (Lipinski definition) is 1. The van der Waals surface area contributed by atoms with E-state index in [1.807, 2.05) is 0 Å². The predicted molar refractivity (Wildman–Crippen MR) is 114 cm³/mol. The van der Waals surface area contributed by atoms with Crippen LogP contribution in [0.2, 0.25) is 0 Å². The lowest BCUT2D eigenvalue weighted by Gasteiger charge is -2.22. The number of anilines is 1. The number of methoxy groups -OCH3 is 1. The van der Waals surface area contributed by atoms with Crippen LogP contribution in [0.15, 0.2) is 51.8 Å². The Bertz CT molecular complexity index is 1290. The van der Waals surface area contributed by atoms with Crippen LogP contribution in [-0.4, -0.2) is 55.3 Å². The minimum atomic E-state index is -3.87. The molecule has 0 spiro atoms. The van der Waals surface area contributed by atoms with Gasteiger partial charge in [0.05, 0.1) is 12.0 Å². The number of hydrogen-bond acceptors (Lipinski definition) is 9. The van der Waals surface area contributed by atoms with Crippen LogP contribution in [0, 0.1) is 0 Å². The van der Waals surface area contributed by atoms with Gasteiger partial charge in [-0.2, -0.15) is 4.31 Å². The van der Waals surface area contributed by atoms with E-state index in [1.165, 1.54) is 23.5 Å². The van der Waals surface area contributed by atoms with E-state index < -0.39 is 22.0 Å². The van der Waals surface area contributed by atoms with Gasteiger partial charge in [-0.3, -0.25) is 10.1 Å². The molecule has 2 aromatic carbocycles. The Morgan fingerprint density at radius 2 is 1.91 bits per heavy atom. The molecule has 172 valence electrons. The molecule has 0 bridgehead atoms. The zero-order valence-electron chi connectivity index (χ0n) is 17.6. The van der Waals surface area contributed by atoms with Gasteiger partial charge in [0, 0.05) is 12.1 Å². The van der Waals surface area contributed by atoms with Gasteiger partial charge in [-0.25, -0.2) is 8.42 Å². The first-order chi connectivity index (χ1) is 16.0. The Kier molecular flexibility index (Phi) is 5.38. The summed E-state index contributed by atoms with van der Waals surface area (Å²) in [6.45, 7) is 0.375. The molecule has 1 aromatic heterocycles. The Morgan fingerprint density at radius 3 is 2.70 bits per heavy atom. The first-order valence-electron chi connectivity index (χ1n) is 10.2. The highest BCUT2D eigenvalue weighted by molar-refractivity contribution is 7.89. The van der Waals surface area contributed by atoms with E-state index in [0.717, 1.165) is 0 Å².